The highest BCUT2D eigenvalue weighted by Crippen LogP contribution is 2.38. The summed E-state index contributed by atoms with van der Waals surface area (Å²) in [4.78, 5) is 25.4. The molecule has 0 aliphatic rings. The van der Waals surface area contributed by atoms with Gasteiger partial charge >= 0.3 is 0 Å². The minimum absolute atomic E-state index is 0.00541. The van der Waals surface area contributed by atoms with Crippen molar-refractivity contribution in [2.75, 3.05) is 40.9 Å². The number of nitrogens with one attached hydrogen (secondary N) is 1. The zero-order valence-electron chi connectivity index (χ0n) is 49.0. The molecule has 0 bridgehead atoms. The van der Waals surface area contributed by atoms with Crippen LogP contribution in [0.1, 0.15) is 239 Å². The van der Waals surface area contributed by atoms with Crippen molar-refractivity contribution < 1.29 is 32.9 Å². The Hall–Kier alpha value is -3.10. The number of nitrogens with zero attached hydrogens (tertiary/aromatic N) is 1. The molecule has 0 heterocycles. The van der Waals surface area contributed by atoms with Gasteiger partial charge in [-0.1, -0.05) is 264 Å². The van der Waals surface area contributed by atoms with Crippen LogP contribution < -0.4 is 10.2 Å². The monoisotopic (exact) mass is 1060 g/mol. The lowest BCUT2D eigenvalue weighted by Crippen LogP contribution is -2.45. The van der Waals surface area contributed by atoms with E-state index in [1.54, 1.807) is 6.08 Å². The molecular weight excluding hydrogens is 948 g/mol. The summed E-state index contributed by atoms with van der Waals surface area (Å²) in [6.45, 7) is 4.51. The van der Waals surface area contributed by atoms with Gasteiger partial charge in [-0.3, -0.25) is 9.36 Å². The number of hydrogen-bond acceptors (Lipinski definition) is 6. The molecule has 0 radical (unpaired) electrons. The Labute approximate surface area is 463 Å². The number of carbonyl (C=O) groups excluding carboxylic acids is 1. The molecule has 0 aromatic carbocycles. The van der Waals surface area contributed by atoms with Gasteiger partial charge < -0.3 is 28.8 Å². The minimum Gasteiger partial charge on any atom is -0.756 e. The summed E-state index contributed by atoms with van der Waals surface area (Å²) in [5.41, 5.74) is 0. The number of hydrogen-bond donors (Lipinski definition) is 2. The summed E-state index contributed by atoms with van der Waals surface area (Å²) in [5, 5.41) is 13.8. The predicted octanol–water partition coefficient (Wildman–Crippen LogP) is 18.3. The number of aliphatic hydroxyl groups is 1. The molecule has 8 nitrogen and oxygen atoms in total. The van der Waals surface area contributed by atoms with Crippen molar-refractivity contribution in [2.45, 2.75) is 251 Å². The third-order valence-corrected chi connectivity index (χ3v) is 13.9. The Bertz CT molecular complexity index is 1630. The molecule has 0 aliphatic carbocycles. The van der Waals surface area contributed by atoms with E-state index in [1.807, 2.05) is 27.2 Å². The number of carbonyl (C=O) groups is 1. The Kier molecular flexibility index (Phi) is 53.3. The van der Waals surface area contributed by atoms with Crippen molar-refractivity contribution in [3.05, 3.63) is 122 Å². The molecule has 3 unspecified atom stereocenters. The van der Waals surface area contributed by atoms with E-state index in [-0.39, 0.29) is 19.1 Å². The maximum atomic E-state index is 12.9. The van der Waals surface area contributed by atoms with Crippen molar-refractivity contribution in [3.8, 4) is 0 Å². The minimum atomic E-state index is -4.60. The zero-order chi connectivity index (χ0) is 54.9. The topological polar surface area (TPSA) is 108 Å². The summed E-state index contributed by atoms with van der Waals surface area (Å²) < 4.78 is 23.3. The van der Waals surface area contributed by atoms with Crippen LogP contribution in [0.2, 0.25) is 0 Å². The average molecular weight is 1060 g/mol. The Morgan fingerprint density at radius 1 is 0.480 bits per heavy atom. The third-order valence-electron chi connectivity index (χ3n) is 12.9. The van der Waals surface area contributed by atoms with Crippen LogP contribution in [-0.4, -0.2) is 68.5 Å². The number of phosphoric ester groups is 1. The van der Waals surface area contributed by atoms with Crippen molar-refractivity contribution in [1.82, 2.24) is 5.32 Å². The van der Waals surface area contributed by atoms with Gasteiger partial charge in [0.1, 0.15) is 13.2 Å². The molecule has 0 saturated carbocycles. The summed E-state index contributed by atoms with van der Waals surface area (Å²) in [6.07, 6.45) is 82.9. The largest absolute Gasteiger partial charge is 0.756 e. The summed E-state index contributed by atoms with van der Waals surface area (Å²) in [6, 6.07) is -0.892. The number of allylic oxidation sites excluding steroid dienone is 19. The molecule has 0 saturated heterocycles. The quantitative estimate of drug-likeness (QED) is 0.0272. The van der Waals surface area contributed by atoms with Crippen LogP contribution in [0.4, 0.5) is 0 Å². The molecule has 0 aromatic rings. The molecule has 3 atom stereocenters. The van der Waals surface area contributed by atoms with Gasteiger partial charge in [-0.15, -0.1) is 0 Å². The van der Waals surface area contributed by atoms with Gasteiger partial charge in [-0.05, 0) is 89.9 Å². The van der Waals surface area contributed by atoms with E-state index in [1.165, 1.54) is 122 Å². The summed E-state index contributed by atoms with van der Waals surface area (Å²) in [5.74, 6) is -0.204. The number of quaternary nitrogens is 1. The van der Waals surface area contributed by atoms with Gasteiger partial charge in [-0.2, -0.15) is 0 Å². The lowest BCUT2D eigenvalue weighted by Gasteiger charge is -2.29. The first kappa shape index (κ1) is 71.9. The van der Waals surface area contributed by atoms with Crippen molar-refractivity contribution in [3.63, 3.8) is 0 Å². The highest BCUT2D eigenvalue weighted by molar-refractivity contribution is 7.45. The first-order valence-electron chi connectivity index (χ1n) is 30.4. The lowest BCUT2D eigenvalue weighted by atomic mass is 10.0. The van der Waals surface area contributed by atoms with E-state index in [2.05, 4.69) is 129 Å². The number of phosphoric acid groups is 1. The van der Waals surface area contributed by atoms with Crippen molar-refractivity contribution >= 4 is 13.7 Å². The van der Waals surface area contributed by atoms with Crippen LogP contribution >= 0.6 is 7.82 Å². The summed E-state index contributed by atoms with van der Waals surface area (Å²) >= 11 is 0. The van der Waals surface area contributed by atoms with Crippen molar-refractivity contribution in [2.24, 2.45) is 0 Å². The number of rotatable bonds is 54. The van der Waals surface area contributed by atoms with E-state index in [0.29, 0.717) is 17.4 Å². The maximum absolute atomic E-state index is 12.9. The fraction of sp³-hybridized carbons (Fsp3) is 0.682. The van der Waals surface area contributed by atoms with E-state index >= 15 is 0 Å². The Morgan fingerprint density at radius 2 is 0.813 bits per heavy atom. The highest BCUT2D eigenvalue weighted by atomic mass is 31.2. The summed E-state index contributed by atoms with van der Waals surface area (Å²) in [7, 11) is 1.25. The molecule has 9 heteroatoms. The van der Waals surface area contributed by atoms with Gasteiger partial charge in [0.15, 0.2) is 0 Å². The van der Waals surface area contributed by atoms with E-state index in [0.717, 1.165) is 96.3 Å². The van der Waals surface area contributed by atoms with Crippen LogP contribution in [0.25, 0.3) is 0 Å². The fourth-order valence-corrected chi connectivity index (χ4v) is 8.93. The maximum Gasteiger partial charge on any atom is 0.268 e. The van der Waals surface area contributed by atoms with Crippen LogP contribution in [0.3, 0.4) is 0 Å². The van der Waals surface area contributed by atoms with E-state index < -0.39 is 20.0 Å². The van der Waals surface area contributed by atoms with Gasteiger partial charge in [-0.25, -0.2) is 0 Å². The van der Waals surface area contributed by atoms with Gasteiger partial charge in [0.2, 0.25) is 5.91 Å². The number of aliphatic hydroxyl groups excluding tert-OH is 1. The Morgan fingerprint density at radius 3 is 1.19 bits per heavy atom. The van der Waals surface area contributed by atoms with Crippen molar-refractivity contribution in [1.29, 1.82) is 0 Å². The van der Waals surface area contributed by atoms with Crippen LogP contribution in [0, 0.1) is 0 Å². The number of unbranched alkanes of at least 4 members (excludes halogenated alkanes) is 23. The number of amides is 1. The SMILES string of the molecule is CC/C=C\C/C=C\C/C=C\C/C=C\C/C=C\C/C=C\C/C=C\C/C=C\C/C=C\CCCCCCCCCCCCCCCC(=O)NC(COP(=O)([O-])OCC[N+](C)(C)C)C(O)/C=C/CCCCCCCCCCCC. The number of likely N-dealkylation sites (N-methyl/N-ethyl adjacent to an activating group) is 1. The smallest absolute Gasteiger partial charge is 0.268 e. The third kappa shape index (κ3) is 58.4. The zero-order valence-corrected chi connectivity index (χ0v) is 49.8. The molecule has 2 N–H and O–H groups in total. The van der Waals surface area contributed by atoms with Crippen LogP contribution in [0.5, 0.6) is 0 Å². The van der Waals surface area contributed by atoms with Gasteiger partial charge in [0.05, 0.1) is 39.9 Å². The molecule has 0 aliphatic heterocycles. The van der Waals surface area contributed by atoms with Gasteiger partial charge in [0.25, 0.3) is 7.82 Å². The molecule has 75 heavy (non-hydrogen) atoms. The highest BCUT2D eigenvalue weighted by Gasteiger charge is 2.23. The second-order valence-corrected chi connectivity index (χ2v) is 22.7. The molecule has 430 valence electrons. The second-order valence-electron chi connectivity index (χ2n) is 21.3. The second kappa shape index (κ2) is 55.6. The molecule has 0 rings (SSSR count). The first-order chi connectivity index (χ1) is 36.5. The lowest BCUT2D eigenvalue weighted by molar-refractivity contribution is -0.870. The van der Waals surface area contributed by atoms with Gasteiger partial charge in [0, 0.05) is 6.42 Å². The van der Waals surface area contributed by atoms with E-state index in [4.69, 9.17) is 9.05 Å². The molecule has 1 amide bonds. The molecular formula is C66H115N2O6P. The van der Waals surface area contributed by atoms with E-state index in [9.17, 15) is 19.4 Å². The van der Waals surface area contributed by atoms with Crippen LogP contribution in [0.15, 0.2) is 122 Å². The average Bonchev–Trinajstić information content (AvgIpc) is 3.37. The first-order valence-corrected chi connectivity index (χ1v) is 31.9. The standard InChI is InChI=1S/C66H115N2O6P/c1-6-8-10-12-14-16-18-20-21-22-23-24-25-26-27-28-29-30-31-32-33-34-35-36-37-38-39-40-41-42-43-44-45-46-47-48-50-52-54-56-58-60-66(70)67-64(63-74-75(71,72)73-62-61-68(3,4)5)65(69)59-57-55-53-51-49-19-17-15-13-11-9-7-2/h8,10,14,16,20-21,23-24,26-27,29-30,32-33,35-36,38-39,57,59,64-65,69H,6-7,9,11-13,15,17-19,22,25,28,31,34,37,40-56,58,60-63H2,1-5H3,(H-,67,70,71,72)/b10-8-,16-14-,21-20-,24-23-,27-26-,30-29-,33-32-,36-35-,39-38-,59-57+. The molecule has 0 spiro atoms. The normalized spacial score (nSPS) is 14.7. The fourth-order valence-electron chi connectivity index (χ4n) is 8.20. The Balaban J connectivity index is 4.01. The molecule has 0 fully saturated rings. The van der Waals surface area contributed by atoms with Crippen LogP contribution in [-0.2, 0) is 18.4 Å². The predicted molar refractivity (Wildman–Crippen MR) is 325 cm³/mol. The molecule has 0 aromatic heterocycles.